The van der Waals surface area contributed by atoms with Crippen LogP contribution < -0.4 is 15.9 Å². The number of benzene rings is 3. The molecule has 0 heterocycles. The quantitative estimate of drug-likeness (QED) is 0.343. The Morgan fingerprint density at radius 1 is 0.786 bits per heavy atom. The van der Waals surface area contributed by atoms with Crippen molar-refractivity contribution in [1.82, 2.24) is 0 Å². The molecule has 144 valence electrons. The number of hydrogen-bond donors (Lipinski definition) is 0. The fourth-order valence-electron chi connectivity index (χ4n) is 3.66. The van der Waals surface area contributed by atoms with Gasteiger partial charge < -0.3 is 0 Å². The molecule has 2 nitrogen and oxygen atoms in total. The topological polar surface area (TPSA) is 26.3 Å². The molecule has 0 N–H and O–H groups in total. The second-order valence-corrected chi connectivity index (χ2v) is 10.8. The molecule has 0 unspecified atom stereocenters. The number of allylic oxidation sites excluding steroid dienone is 1. The first-order valence-electron chi connectivity index (χ1n) is 9.69. The zero-order valence-electron chi connectivity index (χ0n) is 16.5. The molecule has 0 spiro atoms. The Balaban J connectivity index is 2.20. The van der Waals surface area contributed by atoms with E-state index in [0.717, 1.165) is 6.16 Å². The molecule has 28 heavy (non-hydrogen) atoms. The Labute approximate surface area is 168 Å². The summed E-state index contributed by atoms with van der Waals surface area (Å²) in [5.74, 6) is -0.236. The van der Waals surface area contributed by atoms with Gasteiger partial charge in [-0.05, 0) is 0 Å². The van der Waals surface area contributed by atoms with E-state index in [9.17, 15) is 4.79 Å². The number of ether oxygens (including phenoxy) is 1. The molecular formula is C25H27O2P. The summed E-state index contributed by atoms with van der Waals surface area (Å²) in [6.45, 7) is 4.07. The van der Waals surface area contributed by atoms with Gasteiger partial charge >= 0.3 is 168 Å². The van der Waals surface area contributed by atoms with Crippen LogP contribution in [0, 0.1) is 0 Å². The van der Waals surface area contributed by atoms with Crippen molar-refractivity contribution in [3.8, 4) is 0 Å². The summed E-state index contributed by atoms with van der Waals surface area (Å²) in [6.07, 6.45) is 2.87. The van der Waals surface area contributed by atoms with E-state index in [0.29, 0.717) is 12.2 Å². The number of rotatable bonds is 7. The Bertz CT molecular complexity index is 822. The molecule has 0 aliphatic carbocycles. The summed E-state index contributed by atoms with van der Waals surface area (Å²) in [7, 11) is -2.34. The molecule has 0 fully saturated rings. The number of hydrogen-bond acceptors (Lipinski definition) is 2. The molecular weight excluding hydrogens is 363 g/mol. The van der Waals surface area contributed by atoms with Crippen LogP contribution >= 0.6 is 7.26 Å². The van der Waals surface area contributed by atoms with Crippen molar-refractivity contribution in [2.45, 2.75) is 13.8 Å². The molecule has 3 rings (SSSR count). The third-order valence-corrected chi connectivity index (χ3v) is 9.88. The van der Waals surface area contributed by atoms with E-state index in [-0.39, 0.29) is 5.97 Å². The number of esters is 1. The van der Waals surface area contributed by atoms with Crippen molar-refractivity contribution < 1.29 is 9.53 Å². The molecule has 0 bridgehead atoms. The van der Waals surface area contributed by atoms with Gasteiger partial charge in [0.15, 0.2) is 0 Å². The van der Waals surface area contributed by atoms with E-state index in [1.54, 1.807) is 0 Å². The second kappa shape index (κ2) is 9.48. The summed E-state index contributed by atoms with van der Waals surface area (Å²) >= 11 is 0. The predicted molar refractivity (Wildman–Crippen MR) is 122 cm³/mol. The Kier molecular flexibility index (Phi) is 6.79. The molecule has 0 aromatic heterocycles. The minimum atomic E-state index is -2.34. The van der Waals surface area contributed by atoms with Gasteiger partial charge in [0.2, 0.25) is 0 Å². The van der Waals surface area contributed by atoms with Gasteiger partial charge in [-0.15, -0.1) is 0 Å². The number of carbonyl (C=O) groups excluding carboxylic acids is 1. The Morgan fingerprint density at radius 2 is 1.18 bits per heavy atom. The summed E-state index contributed by atoms with van der Waals surface area (Å²) in [5.41, 5.74) is 0.668. The van der Waals surface area contributed by atoms with Gasteiger partial charge in [0, 0.05) is 0 Å². The van der Waals surface area contributed by atoms with Crippen LogP contribution in [0.2, 0.25) is 0 Å². The Morgan fingerprint density at radius 3 is 1.54 bits per heavy atom. The van der Waals surface area contributed by atoms with Gasteiger partial charge in [-0.2, -0.15) is 0 Å². The standard InChI is InChI=1S/C25H27O2P/c1-3-27-25(26)21(2)19-20-28(22-13-7-4-8-14-22,23-15-9-5-10-16-23)24-17-11-6-12-18-24/h4-19,28H,3,20H2,1-2H3/b21-19-. The van der Waals surface area contributed by atoms with Crippen LogP contribution in [0.15, 0.2) is 103 Å². The third-order valence-electron chi connectivity index (χ3n) is 5.11. The zero-order valence-corrected chi connectivity index (χ0v) is 17.5. The van der Waals surface area contributed by atoms with Gasteiger partial charge in [-0.25, -0.2) is 0 Å². The van der Waals surface area contributed by atoms with Crippen molar-refractivity contribution in [3.63, 3.8) is 0 Å². The van der Waals surface area contributed by atoms with Gasteiger partial charge in [0.05, 0.1) is 0 Å². The average molecular weight is 390 g/mol. The van der Waals surface area contributed by atoms with Crippen molar-refractivity contribution in [3.05, 3.63) is 103 Å². The summed E-state index contributed by atoms with van der Waals surface area (Å²) in [5, 5.41) is 4.00. The normalized spacial score (nSPS) is 12.4. The monoisotopic (exact) mass is 390 g/mol. The Hall–Kier alpha value is -2.70. The SMILES string of the molecule is CCOC(=O)/C(C)=C\C[PH](c1ccccc1)(c1ccccc1)c1ccccc1. The summed E-state index contributed by atoms with van der Waals surface area (Å²) in [4.78, 5) is 12.2. The third kappa shape index (κ3) is 4.24. The minimum absolute atomic E-state index is 0.236. The van der Waals surface area contributed by atoms with Gasteiger partial charge in [0.1, 0.15) is 0 Å². The molecule has 0 amide bonds. The van der Waals surface area contributed by atoms with Crippen LogP contribution in [-0.2, 0) is 9.53 Å². The molecule has 0 saturated carbocycles. The van der Waals surface area contributed by atoms with E-state index in [2.05, 4.69) is 97.1 Å². The molecule has 0 radical (unpaired) electrons. The predicted octanol–water partition coefficient (Wildman–Crippen LogP) is 4.22. The molecule has 3 aromatic rings. The van der Waals surface area contributed by atoms with Gasteiger partial charge in [-0.3, -0.25) is 0 Å². The maximum atomic E-state index is 12.2. The van der Waals surface area contributed by atoms with E-state index >= 15 is 0 Å². The van der Waals surface area contributed by atoms with E-state index in [1.807, 2.05) is 13.8 Å². The van der Waals surface area contributed by atoms with Crippen LogP contribution in [-0.4, -0.2) is 18.7 Å². The average Bonchev–Trinajstić information content (AvgIpc) is 2.76. The first-order chi connectivity index (χ1) is 13.7. The fraction of sp³-hybridized carbons (Fsp3) is 0.160. The van der Waals surface area contributed by atoms with Crippen molar-refractivity contribution in [1.29, 1.82) is 0 Å². The van der Waals surface area contributed by atoms with E-state index in [1.165, 1.54) is 15.9 Å². The van der Waals surface area contributed by atoms with Crippen LogP contribution in [0.5, 0.6) is 0 Å². The van der Waals surface area contributed by atoms with Crippen molar-refractivity contribution in [2.75, 3.05) is 12.8 Å². The van der Waals surface area contributed by atoms with Gasteiger partial charge in [-0.1, -0.05) is 0 Å². The molecule has 0 aliphatic heterocycles. The molecule has 0 atom stereocenters. The van der Waals surface area contributed by atoms with Crippen LogP contribution in [0.25, 0.3) is 0 Å². The number of carbonyl (C=O) groups is 1. The summed E-state index contributed by atoms with van der Waals surface area (Å²) in [6, 6.07) is 32.1. The van der Waals surface area contributed by atoms with Crippen molar-refractivity contribution >= 4 is 29.1 Å². The second-order valence-electron chi connectivity index (χ2n) is 6.82. The van der Waals surface area contributed by atoms with Crippen LogP contribution in [0.1, 0.15) is 13.8 Å². The van der Waals surface area contributed by atoms with Crippen molar-refractivity contribution in [2.24, 2.45) is 0 Å². The first-order valence-corrected chi connectivity index (χ1v) is 11.9. The van der Waals surface area contributed by atoms with Crippen LogP contribution in [0.4, 0.5) is 0 Å². The van der Waals surface area contributed by atoms with E-state index in [4.69, 9.17) is 4.74 Å². The first kappa shape index (κ1) is 20.0. The molecule has 3 aromatic carbocycles. The zero-order chi connectivity index (χ0) is 19.8. The van der Waals surface area contributed by atoms with Gasteiger partial charge in [0.25, 0.3) is 0 Å². The van der Waals surface area contributed by atoms with Crippen LogP contribution in [0.3, 0.4) is 0 Å². The molecule has 0 saturated heterocycles. The summed E-state index contributed by atoms with van der Waals surface area (Å²) < 4.78 is 5.19. The maximum absolute atomic E-state index is 12.2. The fourth-order valence-corrected chi connectivity index (χ4v) is 8.26. The molecule has 0 aliphatic rings. The van der Waals surface area contributed by atoms with E-state index < -0.39 is 7.26 Å². The molecule has 3 heteroatoms.